The van der Waals surface area contributed by atoms with Crippen LogP contribution in [0.4, 0.5) is 0 Å². The zero-order valence-electron chi connectivity index (χ0n) is 6.83. The quantitative estimate of drug-likeness (QED) is 0.792. The number of rotatable bonds is 2. The van der Waals surface area contributed by atoms with E-state index in [0.717, 1.165) is 18.4 Å². The number of nitrogens with zero attached hydrogens (tertiary/aromatic N) is 1. The molecule has 4 heteroatoms. The highest BCUT2D eigenvalue weighted by Crippen LogP contribution is 2.43. The SMILES string of the molecule is O=C(O)c1cc(C2CC2)c(Cl)cn1. The number of hydrogen-bond donors (Lipinski definition) is 1. The van der Waals surface area contributed by atoms with E-state index in [1.807, 2.05) is 0 Å². The summed E-state index contributed by atoms with van der Waals surface area (Å²) in [5.74, 6) is -0.549. The predicted molar refractivity (Wildman–Crippen MR) is 48.2 cm³/mol. The number of carboxylic acid groups (broad SMARTS) is 1. The maximum atomic E-state index is 10.6. The lowest BCUT2D eigenvalue weighted by Crippen LogP contribution is -2.01. The van der Waals surface area contributed by atoms with Gasteiger partial charge in [0.1, 0.15) is 5.69 Å². The molecule has 13 heavy (non-hydrogen) atoms. The summed E-state index contributed by atoms with van der Waals surface area (Å²) in [7, 11) is 0. The lowest BCUT2D eigenvalue weighted by Gasteiger charge is -2.01. The molecule has 1 aliphatic carbocycles. The second-order valence-corrected chi connectivity index (χ2v) is 3.58. The van der Waals surface area contributed by atoms with Crippen LogP contribution in [-0.2, 0) is 0 Å². The van der Waals surface area contributed by atoms with Gasteiger partial charge in [-0.05, 0) is 30.4 Å². The van der Waals surface area contributed by atoms with Crippen molar-refractivity contribution in [2.24, 2.45) is 0 Å². The van der Waals surface area contributed by atoms with Gasteiger partial charge in [-0.25, -0.2) is 9.78 Å². The summed E-state index contributed by atoms with van der Waals surface area (Å²) < 4.78 is 0. The highest BCUT2D eigenvalue weighted by atomic mass is 35.5. The number of carbonyl (C=O) groups is 1. The van der Waals surface area contributed by atoms with E-state index in [1.54, 1.807) is 6.07 Å². The van der Waals surface area contributed by atoms with Crippen molar-refractivity contribution in [1.29, 1.82) is 0 Å². The molecule has 1 saturated carbocycles. The van der Waals surface area contributed by atoms with Crippen LogP contribution in [0.5, 0.6) is 0 Å². The monoisotopic (exact) mass is 197 g/mol. The molecule has 0 aliphatic heterocycles. The van der Waals surface area contributed by atoms with Gasteiger partial charge in [0.05, 0.1) is 5.02 Å². The molecular weight excluding hydrogens is 190 g/mol. The van der Waals surface area contributed by atoms with E-state index < -0.39 is 5.97 Å². The van der Waals surface area contributed by atoms with Crippen molar-refractivity contribution >= 4 is 17.6 Å². The fourth-order valence-corrected chi connectivity index (χ4v) is 1.54. The van der Waals surface area contributed by atoms with Gasteiger partial charge < -0.3 is 5.11 Å². The van der Waals surface area contributed by atoms with Crippen LogP contribution in [0.3, 0.4) is 0 Å². The van der Waals surface area contributed by atoms with Crippen LogP contribution in [0.15, 0.2) is 12.3 Å². The first-order chi connectivity index (χ1) is 6.18. The zero-order chi connectivity index (χ0) is 9.42. The average molecular weight is 198 g/mol. The zero-order valence-corrected chi connectivity index (χ0v) is 7.58. The summed E-state index contributed by atoms with van der Waals surface area (Å²) in [5, 5.41) is 9.27. The molecule has 0 atom stereocenters. The summed E-state index contributed by atoms with van der Waals surface area (Å²) >= 11 is 5.88. The Bertz CT molecular complexity index is 361. The molecule has 0 spiro atoms. The second-order valence-electron chi connectivity index (χ2n) is 3.17. The molecule has 1 heterocycles. The number of hydrogen-bond acceptors (Lipinski definition) is 2. The van der Waals surface area contributed by atoms with Gasteiger partial charge >= 0.3 is 5.97 Å². The van der Waals surface area contributed by atoms with Gasteiger partial charge in [0.25, 0.3) is 0 Å². The van der Waals surface area contributed by atoms with E-state index in [2.05, 4.69) is 4.98 Å². The summed E-state index contributed by atoms with van der Waals surface area (Å²) in [6.45, 7) is 0. The molecular formula is C9H8ClNO2. The molecule has 1 aromatic rings. The van der Waals surface area contributed by atoms with Crippen molar-refractivity contribution < 1.29 is 9.90 Å². The van der Waals surface area contributed by atoms with Gasteiger partial charge in [0.15, 0.2) is 0 Å². The lowest BCUT2D eigenvalue weighted by atomic mass is 10.1. The smallest absolute Gasteiger partial charge is 0.354 e. The Morgan fingerprint density at radius 2 is 2.31 bits per heavy atom. The molecule has 1 N–H and O–H groups in total. The average Bonchev–Trinajstić information content (AvgIpc) is 2.87. The number of carboxylic acids is 1. The predicted octanol–water partition coefficient (Wildman–Crippen LogP) is 2.31. The van der Waals surface area contributed by atoms with Crippen LogP contribution in [-0.4, -0.2) is 16.1 Å². The van der Waals surface area contributed by atoms with Gasteiger partial charge in [0, 0.05) is 6.20 Å². The Kier molecular flexibility index (Phi) is 1.96. The van der Waals surface area contributed by atoms with Crippen LogP contribution in [0.2, 0.25) is 5.02 Å². The first-order valence-electron chi connectivity index (χ1n) is 4.07. The second kappa shape index (κ2) is 3.00. The molecule has 1 aromatic heterocycles. The summed E-state index contributed by atoms with van der Waals surface area (Å²) in [5.41, 5.74) is 1.00. The molecule has 3 nitrogen and oxygen atoms in total. The fraction of sp³-hybridized carbons (Fsp3) is 0.333. The summed E-state index contributed by atoms with van der Waals surface area (Å²) in [6.07, 6.45) is 3.62. The molecule has 0 bridgehead atoms. The molecule has 0 unspecified atom stereocenters. The lowest BCUT2D eigenvalue weighted by molar-refractivity contribution is 0.0690. The first kappa shape index (κ1) is 8.51. The molecule has 68 valence electrons. The maximum absolute atomic E-state index is 10.6. The van der Waals surface area contributed by atoms with Gasteiger partial charge in [0.2, 0.25) is 0 Å². The standard InChI is InChI=1S/C9H8ClNO2/c10-7-4-11-8(9(12)13)3-6(7)5-1-2-5/h3-5H,1-2H2,(H,12,13). The minimum Gasteiger partial charge on any atom is -0.477 e. The van der Waals surface area contributed by atoms with Crippen LogP contribution in [0.25, 0.3) is 0 Å². The highest BCUT2D eigenvalue weighted by Gasteiger charge is 2.26. The Morgan fingerprint density at radius 1 is 1.62 bits per heavy atom. The number of pyridine rings is 1. The van der Waals surface area contributed by atoms with Crippen molar-refractivity contribution in [1.82, 2.24) is 4.98 Å². The molecule has 0 radical (unpaired) electrons. The van der Waals surface area contributed by atoms with Crippen molar-refractivity contribution in [3.05, 3.63) is 28.5 Å². The third kappa shape index (κ3) is 1.65. The third-order valence-electron chi connectivity index (χ3n) is 2.12. The number of aromatic carboxylic acids is 1. The van der Waals surface area contributed by atoms with E-state index in [0.29, 0.717) is 10.9 Å². The van der Waals surface area contributed by atoms with Gasteiger partial charge in [-0.3, -0.25) is 0 Å². The topological polar surface area (TPSA) is 50.2 Å². The summed E-state index contributed by atoms with van der Waals surface area (Å²) in [4.78, 5) is 14.3. The van der Waals surface area contributed by atoms with E-state index in [-0.39, 0.29) is 5.69 Å². The van der Waals surface area contributed by atoms with Crippen LogP contribution < -0.4 is 0 Å². The summed E-state index contributed by atoms with van der Waals surface area (Å²) in [6, 6.07) is 1.57. The molecule has 0 saturated heterocycles. The minimum atomic E-state index is -1.00. The Balaban J connectivity index is 2.41. The Labute approximate surface area is 80.4 Å². The largest absolute Gasteiger partial charge is 0.477 e. The maximum Gasteiger partial charge on any atom is 0.354 e. The Morgan fingerprint density at radius 3 is 2.85 bits per heavy atom. The van der Waals surface area contributed by atoms with Crippen LogP contribution in [0.1, 0.15) is 34.8 Å². The first-order valence-corrected chi connectivity index (χ1v) is 4.45. The number of halogens is 1. The molecule has 1 fully saturated rings. The van der Waals surface area contributed by atoms with Crippen LogP contribution >= 0.6 is 11.6 Å². The normalized spacial score (nSPS) is 15.8. The van der Waals surface area contributed by atoms with E-state index in [1.165, 1.54) is 6.20 Å². The fourth-order valence-electron chi connectivity index (χ4n) is 1.28. The van der Waals surface area contributed by atoms with E-state index in [4.69, 9.17) is 16.7 Å². The molecule has 1 aliphatic rings. The van der Waals surface area contributed by atoms with Gasteiger partial charge in [-0.1, -0.05) is 11.6 Å². The van der Waals surface area contributed by atoms with Gasteiger partial charge in [-0.2, -0.15) is 0 Å². The highest BCUT2D eigenvalue weighted by molar-refractivity contribution is 6.31. The molecule has 0 amide bonds. The van der Waals surface area contributed by atoms with Crippen molar-refractivity contribution in [2.45, 2.75) is 18.8 Å². The van der Waals surface area contributed by atoms with E-state index in [9.17, 15) is 4.79 Å². The Hall–Kier alpha value is -1.09. The van der Waals surface area contributed by atoms with Gasteiger partial charge in [-0.15, -0.1) is 0 Å². The third-order valence-corrected chi connectivity index (χ3v) is 2.44. The molecule has 2 rings (SSSR count). The van der Waals surface area contributed by atoms with Crippen molar-refractivity contribution in [2.75, 3.05) is 0 Å². The minimum absolute atomic E-state index is 0.0753. The number of aromatic nitrogens is 1. The molecule has 0 aromatic carbocycles. The van der Waals surface area contributed by atoms with E-state index >= 15 is 0 Å². The van der Waals surface area contributed by atoms with Crippen molar-refractivity contribution in [3.63, 3.8) is 0 Å². The van der Waals surface area contributed by atoms with Crippen molar-refractivity contribution in [3.8, 4) is 0 Å². The van der Waals surface area contributed by atoms with Crippen LogP contribution in [0, 0.1) is 0 Å².